The number of aromatic nitrogens is 1. The minimum Gasteiger partial charge on any atom is -0.374 e. The zero-order valence-corrected chi connectivity index (χ0v) is 19.2. The highest BCUT2D eigenvalue weighted by atomic mass is 16.3. The smallest absolute Gasteiger partial charge is 0.243 e. The van der Waals surface area contributed by atoms with Gasteiger partial charge in [0.05, 0.1) is 0 Å². The first-order chi connectivity index (χ1) is 15.9. The van der Waals surface area contributed by atoms with Crippen molar-refractivity contribution in [3.05, 3.63) is 60.2 Å². The standard InChI is InChI=1S/C25H34N6O2/c1-3-23(32)27-20-12-15-31(16-20)22-9-8-21(24(26)33)25(29-22)28-19-6-4-17(5-7-19)18-10-13-30(2)14-11-18/h3-9,18,20,24,33H,1,10-16,26H2,2H3,(H,27,32)(H,28,29). The van der Waals surface area contributed by atoms with Crippen molar-refractivity contribution in [2.75, 3.05) is 43.4 Å². The molecule has 2 atom stereocenters. The van der Waals surface area contributed by atoms with Crippen LogP contribution in [0.15, 0.2) is 49.1 Å². The summed E-state index contributed by atoms with van der Waals surface area (Å²) in [4.78, 5) is 20.9. The number of pyridine rings is 1. The van der Waals surface area contributed by atoms with E-state index in [9.17, 15) is 9.90 Å². The highest BCUT2D eigenvalue weighted by Crippen LogP contribution is 2.31. The molecule has 0 spiro atoms. The lowest BCUT2D eigenvalue weighted by Crippen LogP contribution is -2.36. The number of aliphatic hydroxyl groups is 1. The summed E-state index contributed by atoms with van der Waals surface area (Å²) in [6.45, 7) is 7.22. The van der Waals surface area contributed by atoms with Crippen LogP contribution in [-0.2, 0) is 4.79 Å². The van der Waals surface area contributed by atoms with E-state index in [0.29, 0.717) is 23.8 Å². The van der Waals surface area contributed by atoms with Crippen LogP contribution in [-0.4, -0.2) is 60.2 Å². The van der Waals surface area contributed by atoms with E-state index in [1.165, 1.54) is 24.5 Å². The Hall–Kier alpha value is -2.94. The number of hydrogen-bond donors (Lipinski definition) is 4. The lowest BCUT2D eigenvalue weighted by atomic mass is 9.89. The van der Waals surface area contributed by atoms with Crippen LogP contribution in [0.25, 0.3) is 0 Å². The van der Waals surface area contributed by atoms with Crippen molar-refractivity contribution in [2.24, 2.45) is 5.73 Å². The summed E-state index contributed by atoms with van der Waals surface area (Å²) >= 11 is 0. The molecule has 5 N–H and O–H groups in total. The molecule has 4 rings (SSSR count). The third kappa shape index (κ3) is 5.71. The van der Waals surface area contributed by atoms with Gasteiger partial charge in [0, 0.05) is 30.4 Å². The summed E-state index contributed by atoms with van der Waals surface area (Å²) in [5, 5.41) is 16.3. The highest BCUT2D eigenvalue weighted by Gasteiger charge is 2.25. The number of carbonyl (C=O) groups excluding carboxylic acids is 1. The number of amides is 1. The molecule has 176 valence electrons. The van der Waals surface area contributed by atoms with E-state index in [1.807, 2.05) is 6.07 Å². The molecule has 1 aromatic heterocycles. The lowest BCUT2D eigenvalue weighted by Gasteiger charge is -2.29. The van der Waals surface area contributed by atoms with Gasteiger partial charge in [0.15, 0.2) is 0 Å². The highest BCUT2D eigenvalue weighted by molar-refractivity contribution is 5.87. The van der Waals surface area contributed by atoms with Crippen LogP contribution in [0.1, 0.15) is 42.5 Å². The number of nitrogens with two attached hydrogens (primary N) is 1. The fourth-order valence-electron chi connectivity index (χ4n) is 4.64. The molecule has 0 bridgehead atoms. The van der Waals surface area contributed by atoms with Crippen molar-refractivity contribution in [2.45, 2.75) is 37.5 Å². The van der Waals surface area contributed by atoms with Crippen molar-refractivity contribution < 1.29 is 9.90 Å². The fourth-order valence-corrected chi connectivity index (χ4v) is 4.64. The fraction of sp³-hybridized carbons (Fsp3) is 0.440. The van der Waals surface area contributed by atoms with E-state index in [0.717, 1.165) is 37.6 Å². The van der Waals surface area contributed by atoms with E-state index in [-0.39, 0.29) is 11.9 Å². The number of nitrogens with one attached hydrogen (secondary N) is 2. The molecule has 0 radical (unpaired) electrons. The van der Waals surface area contributed by atoms with E-state index in [4.69, 9.17) is 10.7 Å². The maximum Gasteiger partial charge on any atom is 0.243 e. The Morgan fingerprint density at radius 2 is 1.91 bits per heavy atom. The molecular formula is C25H34N6O2. The first-order valence-corrected chi connectivity index (χ1v) is 11.6. The third-order valence-corrected chi connectivity index (χ3v) is 6.64. The Labute approximate surface area is 195 Å². The quantitative estimate of drug-likeness (QED) is 0.379. The summed E-state index contributed by atoms with van der Waals surface area (Å²) in [7, 11) is 2.17. The topological polar surface area (TPSA) is 107 Å². The van der Waals surface area contributed by atoms with Gasteiger partial charge in [0.2, 0.25) is 5.91 Å². The van der Waals surface area contributed by atoms with Crippen LogP contribution in [0.4, 0.5) is 17.3 Å². The molecular weight excluding hydrogens is 416 g/mol. The number of carbonyl (C=O) groups is 1. The van der Waals surface area contributed by atoms with Gasteiger partial charge in [-0.05, 0) is 81.2 Å². The van der Waals surface area contributed by atoms with E-state index in [2.05, 4.69) is 58.3 Å². The molecule has 2 unspecified atom stereocenters. The molecule has 0 aliphatic carbocycles. The van der Waals surface area contributed by atoms with Crippen LogP contribution >= 0.6 is 0 Å². The second-order valence-corrected chi connectivity index (χ2v) is 9.02. The van der Waals surface area contributed by atoms with Gasteiger partial charge in [-0.15, -0.1) is 0 Å². The number of benzene rings is 1. The molecule has 8 nitrogen and oxygen atoms in total. The molecule has 0 saturated carbocycles. The summed E-state index contributed by atoms with van der Waals surface area (Å²) in [6.07, 6.45) is 3.36. The second kappa shape index (κ2) is 10.3. The first-order valence-electron chi connectivity index (χ1n) is 11.6. The van der Waals surface area contributed by atoms with Crippen LogP contribution in [0.3, 0.4) is 0 Å². The van der Waals surface area contributed by atoms with Gasteiger partial charge >= 0.3 is 0 Å². The van der Waals surface area contributed by atoms with Gasteiger partial charge in [-0.3, -0.25) is 4.79 Å². The molecule has 1 amide bonds. The second-order valence-electron chi connectivity index (χ2n) is 9.02. The van der Waals surface area contributed by atoms with E-state index in [1.54, 1.807) is 6.07 Å². The Kier molecular flexibility index (Phi) is 7.27. The van der Waals surface area contributed by atoms with Gasteiger partial charge in [-0.1, -0.05) is 18.7 Å². The predicted molar refractivity (Wildman–Crippen MR) is 132 cm³/mol. The number of hydrogen-bond acceptors (Lipinski definition) is 7. The van der Waals surface area contributed by atoms with Gasteiger partial charge in [0.1, 0.15) is 17.9 Å². The van der Waals surface area contributed by atoms with Crippen molar-refractivity contribution in [3.63, 3.8) is 0 Å². The van der Waals surface area contributed by atoms with Crippen molar-refractivity contribution in [3.8, 4) is 0 Å². The predicted octanol–water partition coefficient (Wildman–Crippen LogP) is 2.46. The Morgan fingerprint density at radius 1 is 1.18 bits per heavy atom. The van der Waals surface area contributed by atoms with Gasteiger partial charge < -0.3 is 31.3 Å². The zero-order chi connectivity index (χ0) is 23.4. The molecule has 2 aliphatic heterocycles. The SMILES string of the molecule is C=CC(=O)NC1CCN(c2ccc(C(N)O)c(Nc3ccc(C4CCN(C)CC4)cc3)n2)C1. The Morgan fingerprint density at radius 3 is 2.58 bits per heavy atom. The number of rotatable bonds is 7. The average Bonchev–Trinajstić information content (AvgIpc) is 3.28. The normalized spacial score (nSPS) is 20.5. The summed E-state index contributed by atoms with van der Waals surface area (Å²) < 4.78 is 0. The Balaban J connectivity index is 1.47. The number of nitrogens with zero attached hydrogens (tertiary/aromatic N) is 3. The maximum atomic E-state index is 11.6. The lowest BCUT2D eigenvalue weighted by molar-refractivity contribution is -0.117. The van der Waals surface area contributed by atoms with Crippen molar-refractivity contribution in [1.82, 2.24) is 15.2 Å². The van der Waals surface area contributed by atoms with Gasteiger partial charge in [-0.25, -0.2) is 4.98 Å². The minimum atomic E-state index is -1.13. The summed E-state index contributed by atoms with van der Waals surface area (Å²) in [6, 6.07) is 12.2. The van der Waals surface area contributed by atoms with E-state index < -0.39 is 6.23 Å². The van der Waals surface area contributed by atoms with Crippen LogP contribution in [0.2, 0.25) is 0 Å². The summed E-state index contributed by atoms with van der Waals surface area (Å²) in [5.74, 6) is 1.75. The van der Waals surface area contributed by atoms with Crippen molar-refractivity contribution >= 4 is 23.2 Å². The monoisotopic (exact) mass is 450 g/mol. The minimum absolute atomic E-state index is 0.0561. The first kappa shape index (κ1) is 23.2. The van der Waals surface area contributed by atoms with Crippen LogP contribution in [0, 0.1) is 0 Å². The van der Waals surface area contributed by atoms with Gasteiger partial charge in [-0.2, -0.15) is 0 Å². The molecule has 2 fully saturated rings. The summed E-state index contributed by atoms with van der Waals surface area (Å²) in [5.41, 5.74) is 8.59. The maximum absolute atomic E-state index is 11.6. The molecule has 8 heteroatoms. The Bertz CT molecular complexity index is 969. The largest absolute Gasteiger partial charge is 0.374 e. The number of anilines is 3. The van der Waals surface area contributed by atoms with E-state index >= 15 is 0 Å². The number of piperidine rings is 1. The molecule has 33 heavy (non-hydrogen) atoms. The molecule has 3 heterocycles. The average molecular weight is 451 g/mol. The number of aliphatic hydroxyl groups excluding tert-OH is 1. The molecule has 1 aromatic carbocycles. The zero-order valence-electron chi connectivity index (χ0n) is 19.2. The third-order valence-electron chi connectivity index (χ3n) is 6.64. The molecule has 2 saturated heterocycles. The van der Waals surface area contributed by atoms with Crippen molar-refractivity contribution in [1.29, 1.82) is 0 Å². The molecule has 2 aromatic rings. The number of likely N-dealkylation sites (tertiary alicyclic amines) is 1. The van der Waals surface area contributed by atoms with Gasteiger partial charge in [0.25, 0.3) is 0 Å². The van der Waals surface area contributed by atoms with Crippen LogP contribution in [0.5, 0.6) is 0 Å². The molecule has 2 aliphatic rings. The van der Waals surface area contributed by atoms with Crippen LogP contribution < -0.4 is 21.3 Å².